The van der Waals surface area contributed by atoms with E-state index in [-0.39, 0.29) is 5.92 Å². The molecule has 5 heteroatoms. The number of piperidine rings is 1. The van der Waals surface area contributed by atoms with Crippen molar-refractivity contribution in [2.45, 2.75) is 51.4 Å². The Morgan fingerprint density at radius 3 is 2.63 bits per heavy atom. The van der Waals surface area contributed by atoms with E-state index in [9.17, 15) is 4.79 Å². The summed E-state index contributed by atoms with van der Waals surface area (Å²) in [7, 11) is 0. The fourth-order valence-corrected chi connectivity index (χ4v) is 4.28. The average Bonchev–Trinajstić information content (AvgIpc) is 3.24. The Balaban J connectivity index is 1.44. The van der Waals surface area contributed by atoms with Crippen LogP contribution in [-0.4, -0.2) is 33.9 Å². The number of carbonyl (C=O) groups excluding carboxylic acids is 1. The van der Waals surface area contributed by atoms with E-state index >= 15 is 0 Å². The van der Waals surface area contributed by atoms with Gasteiger partial charge < -0.3 is 10.2 Å². The van der Waals surface area contributed by atoms with Gasteiger partial charge in [0.1, 0.15) is 0 Å². The normalized spacial score (nSPS) is 20.6. The van der Waals surface area contributed by atoms with Crippen molar-refractivity contribution in [3.63, 3.8) is 0 Å². The molecule has 1 aromatic heterocycles. The predicted molar refractivity (Wildman–Crippen MR) is 107 cm³/mol. The molecular weight excluding hydrogens is 336 g/mol. The number of rotatable bonds is 4. The lowest BCUT2D eigenvalue weighted by molar-refractivity contribution is -0.136. The molecule has 2 fully saturated rings. The maximum Gasteiger partial charge on any atom is 0.227 e. The standard InChI is InChI=1S/C22H28N4O/c1-16-8-10-19(11-9-16)24-22-23-13-12-20(25-22)18-7-4-14-26(15-18)21(27)17-5-2-3-6-17/h8-13,17-18H,2-7,14-15H2,1H3,(H,23,24,25). The van der Waals surface area contributed by atoms with Crippen LogP contribution in [0.3, 0.4) is 0 Å². The highest BCUT2D eigenvalue weighted by Crippen LogP contribution is 2.31. The number of benzene rings is 1. The van der Waals surface area contributed by atoms with Gasteiger partial charge in [0, 0.05) is 36.8 Å². The van der Waals surface area contributed by atoms with Crippen molar-refractivity contribution >= 4 is 17.5 Å². The third kappa shape index (κ3) is 4.29. The Hall–Kier alpha value is -2.43. The average molecular weight is 364 g/mol. The summed E-state index contributed by atoms with van der Waals surface area (Å²) in [6.45, 7) is 3.75. The number of anilines is 2. The van der Waals surface area contributed by atoms with E-state index in [4.69, 9.17) is 4.98 Å². The summed E-state index contributed by atoms with van der Waals surface area (Å²) >= 11 is 0. The van der Waals surface area contributed by atoms with Crippen LogP contribution in [0.4, 0.5) is 11.6 Å². The summed E-state index contributed by atoms with van der Waals surface area (Å²) < 4.78 is 0. The molecule has 2 aliphatic rings. The summed E-state index contributed by atoms with van der Waals surface area (Å²) in [5, 5.41) is 3.29. The molecule has 1 unspecified atom stereocenters. The van der Waals surface area contributed by atoms with Gasteiger partial charge in [0.05, 0.1) is 5.69 Å². The third-order valence-corrected chi connectivity index (χ3v) is 5.84. The smallest absolute Gasteiger partial charge is 0.227 e. The van der Waals surface area contributed by atoms with Crippen molar-refractivity contribution < 1.29 is 4.79 Å². The van der Waals surface area contributed by atoms with Crippen molar-refractivity contribution in [3.8, 4) is 0 Å². The highest BCUT2D eigenvalue weighted by atomic mass is 16.2. The Kier molecular flexibility index (Phi) is 5.37. The number of carbonyl (C=O) groups is 1. The second-order valence-corrected chi connectivity index (χ2v) is 7.90. The summed E-state index contributed by atoms with van der Waals surface area (Å²) in [5.74, 6) is 1.54. The fourth-order valence-electron chi connectivity index (χ4n) is 4.28. The summed E-state index contributed by atoms with van der Waals surface area (Å²) in [6.07, 6.45) is 8.48. The minimum Gasteiger partial charge on any atom is -0.342 e. The monoisotopic (exact) mass is 364 g/mol. The summed E-state index contributed by atoms with van der Waals surface area (Å²) in [4.78, 5) is 24.0. The lowest BCUT2D eigenvalue weighted by Crippen LogP contribution is -2.42. The van der Waals surface area contributed by atoms with Gasteiger partial charge in [-0.3, -0.25) is 4.79 Å². The van der Waals surface area contributed by atoms with Crippen molar-refractivity contribution in [1.82, 2.24) is 14.9 Å². The Morgan fingerprint density at radius 1 is 1.07 bits per heavy atom. The highest BCUT2D eigenvalue weighted by Gasteiger charge is 2.31. The van der Waals surface area contributed by atoms with Crippen LogP contribution < -0.4 is 5.32 Å². The minimum atomic E-state index is 0.257. The second kappa shape index (κ2) is 8.07. The van der Waals surface area contributed by atoms with E-state index in [1.54, 1.807) is 0 Å². The molecule has 1 aliphatic heterocycles. The number of likely N-dealkylation sites (tertiary alicyclic amines) is 1. The quantitative estimate of drug-likeness (QED) is 0.872. The first-order valence-electron chi connectivity index (χ1n) is 10.1. The molecule has 27 heavy (non-hydrogen) atoms. The van der Waals surface area contributed by atoms with Gasteiger partial charge in [-0.05, 0) is 50.8 Å². The zero-order valence-electron chi connectivity index (χ0n) is 16.0. The van der Waals surface area contributed by atoms with Gasteiger partial charge >= 0.3 is 0 Å². The zero-order valence-corrected chi connectivity index (χ0v) is 16.0. The van der Waals surface area contributed by atoms with Gasteiger partial charge in [0.15, 0.2) is 0 Å². The lowest BCUT2D eigenvalue weighted by atomic mass is 9.93. The molecule has 0 bridgehead atoms. The van der Waals surface area contributed by atoms with Gasteiger partial charge in [-0.2, -0.15) is 0 Å². The Bertz CT molecular complexity index is 783. The molecule has 1 atom stereocenters. The molecule has 5 nitrogen and oxygen atoms in total. The minimum absolute atomic E-state index is 0.257. The van der Waals surface area contributed by atoms with Crippen molar-refractivity contribution in [2.75, 3.05) is 18.4 Å². The molecule has 1 N–H and O–H groups in total. The van der Waals surface area contributed by atoms with Crippen LogP contribution >= 0.6 is 0 Å². The van der Waals surface area contributed by atoms with E-state index in [2.05, 4.69) is 34.3 Å². The van der Waals surface area contributed by atoms with Gasteiger partial charge in [-0.25, -0.2) is 9.97 Å². The summed E-state index contributed by atoms with van der Waals surface area (Å²) in [5.41, 5.74) is 3.24. The molecular formula is C22H28N4O. The molecule has 2 aromatic rings. The number of hydrogen-bond acceptors (Lipinski definition) is 4. The molecule has 142 valence electrons. The molecule has 1 saturated heterocycles. The number of aromatic nitrogens is 2. The molecule has 4 rings (SSSR count). The topological polar surface area (TPSA) is 58.1 Å². The molecule has 0 radical (unpaired) electrons. The van der Waals surface area contributed by atoms with Gasteiger partial charge in [-0.1, -0.05) is 30.5 Å². The van der Waals surface area contributed by atoms with E-state index in [0.717, 1.165) is 50.2 Å². The number of aryl methyl sites for hydroxylation is 1. The number of nitrogens with zero attached hydrogens (tertiary/aromatic N) is 3. The molecule has 1 aliphatic carbocycles. The van der Waals surface area contributed by atoms with E-state index in [1.807, 2.05) is 24.4 Å². The van der Waals surface area contributed by atoms with E-state index in [0.29, 0.717) is 17.8 Å². The van der Waals surface area contributed by atoms with Crippen LogP contribution in [0.1, 0.15) is 55.7 Å². The number of nitrogens with one attached hydrogen (secondary N) is 1. The number of hydrogen-bond donors (Lipinski definition) is 1. The van der Waals surface area contributed by atoms with Crippen molar-refractivity contribution in [1.29, 1.82) is 0 Å². The van der Waals surface area contributed by atoms with Crippen LogP contribution in [0, 0.1) is 12.8 Å². The third-order valence-electron chi connectivity index (χ3n) is 5.84. The van der Waals surface area contributed by atoms with Crippen molar-refractivity contribution in [3.05, 3.63) is 47.8 Å². The highest BCUT2D eigenvalue weighted by molar-refractivity contribution is 5.79. The first-order valence-corrected chi connectivity index (χ1v) is 10.1. The molecule has 1 aromatic carbocycles. The van der Waals surface area contributed by atoms with E-state index in [1.165, 1.54) is 18.4 Å². The Labute approximate surface area is 161 Å². The largest absolute Gasteiger partial charge is 0.342 e. The second-order valence-electron chi connectivity index (χ2n) is 7.90. The summed E-state index contributed by atoms with van der Waals surface area (Å²) in [6, 6.07) is 10.2. The van der Waals surface area contributed by atoms with Crippen LogP contribution in [0.15, 0.2) is 36.5 Å². The van der Waals surface area contributed by atoms with Crippen molar-refractivity contribution in [2.24, 2.45) is 5.92 Å². The van der Waals surface area contributed by atoms with Crippen LogP contribution in [-0.2, 0) is 4.79 Å². The van der Waals surface area contributed by atoms with Crippen LogP contribution in [0.25, 0.3) is 0 Å². The van der Waals surface area contributed by atoms with Crippen LogP contribution in [0.5, 0.6) is 0 Å². The van der Waals surface area contributed by atoms with Gasteiger partial charge in [0.25, 0.3) is 0 Å². The Morgan fingerprint density at radius 2 is 1.85 bits per heavy atom. The zero-order chi connectivity index (χ0) is 18.6. The molecule has 1 amide bonds. The van der Waals surface area contributed by atoms with Gasteiger partial charge in [-0.15, -0.1) is 0 Å². The molecule has 0 spiro atoms. The van der Waals surface area contributed by atoms with Crippen LogP contribution in [0.2, 0.25) is 0 Å². The first kappa shape index (κ1) is 18.0. The molecule has 1 saturated carbocycles. The van der Waals surface area contributed by atoms with Gasteiger partial charge in [0.2, 0.25) is 11.9 Å². The maximum atomic E-state index is 12.8. The lowest BCUT2D eigenvalue weighted by Gasteiger charge is -2.34. The SMILES string of the molecule is Cc1ccc(Nc2nccc(C3CCCN(C(=O)C4CCCC4)C3)n2)cc1. The fraction of sp³-hybridized carbons (Fsp3) is 0.500. The molecule has 2 heterocycles. The maximum absolute atomic E-state index is 12.8. The number of amides is 1. The predicted octanol–water partition coefficient (Wildman–Crippen LogP) is 4.42. The van der Waals surface area contributed by atoms with E-state index < -0.39 is 0 Å². The first-order chi connectivity index (χ1) is 13.2.